The maximum atomic E-state index is 2.79. The molecule has 3 heteroatoms. The minimum absolute atomic E-state index is 0.0177. The van der Waals surface area contributed by atoms with Gasteiger partial charge in [-0.2, -0.15) is 0 Å². The molecule has 2 aliphatic rings. The summed E-state index contributed by atoms with van der Waals surface area (Å²) in [5.41, 5.74) is 0. The third kappa shape index (κ3) is 1.45. The summed E-state index contributed by atoms with van der Waals surface area (Å²) in [4.78, 5) is 0. The van der Waals surface area contributed by atoms with Crippen molar-refractivity contribution in [2.45, 2.75) is 51.2 Å². The Morgan fingerprint density at radius 1 is 1.17 bits per heavy atom. The quantitative estimate of drug-likeness (QED) is 0.559. The van der Waals surface area contributed by atoms with Crippen molar-refractivity contribution in [1.29, 1.82) is 0 Å². The molecular formula is C9H20N2Si. The molecule has 0 spiro atoms. The van der Waals surface area contributed by atoms with Crippen molar-refractivity contribution < 1.29 is 0 Å². The van der Waals surface area contributed by atoms with Gasteiger partial charge in [0, 0.05) is 12.2 Å². The van der Waals surface area contributed by atoms with Crippen LogP contribution in [0.15, 0.2) is 0 Å². The second kappa shape index (κ2) is 3.48. The summed E-state index contributed by atoms with van der Waals surface area (Å²) in [6.07, 6.45) is 8.16. The normalized spacial score (nSPS) is 37.0. The van der Waals surface area contributed by atoms with Gasteiger partial charge >= 0.3 is 0 Å². The summed E-state index contributed by atoms with van der Waals surface area (Å²) in [6, 6.07) is 0.969. The summed E-state index contributed by atoms with van der Waals surface area (Å²) >= 11 is 0. The Labute approximate surface area is 77.9 Å². The van der Waals surface area contributed by atoms with E-state index in [9.17, 15) is 0 Å². The predicted molar refractivity (Wildman–Crippen MR) is 54.5 cm³/mol. The molecule has 1 heterocycles. The van der Waals surface area contributed by atoms with Crippen LogP contribution < -0.4 is 0 Å². The molecule has 0 bridgehead atoms. The van der Waals surface area contributed by atoms with Gasteiger partial charge in [0.05, 0.1) is 0 Å². The molecule has 1 unspecified atom stereocenters. The maximum Gasteiger partial charge on any atom is 0.175 e. The monoisotopic (exact) mass is 184 g/mol. The minimum Gasteiger partial charge on any atom is -0.305 e. The molecule has 2 nitrogen and oxygen atoms in total. The van der Waals surface area contributed by atoms with Crippen LogP contribution in [0.1, 0.15) is 39.0 Å². The zero-order chi connectivity index (χ0) is 8.55. The Balaban J connectivity index is 1.84. The van der Waals surface area contributed by atoms with Crippen LogP contribution in [0, 0.1) is 0 Å². The van der Waals surface area contributed by atoms with E-state index in [0.29, 0.717) is 0 Å². The molecule has 70 valence electrons. The van der Waals surface area contributed by atoms with Crippen molar-refractivity contribution in [2.24, 2.45) is 0 Å². The Morgan fingerprint density at radius 3 is 2.33 bits per heavy atom. The SMILES string of the molecule is CC1N(C)[SiH2]N1C1CCCCC1. The van der Waals surface area contributed by atoms with E-state index in [0.717, 1.165) is 12.2 Å². The second-order valence-corrected chi connectivity index (χ2v) is 6.35. The zero-order valence-electron chi connectivity index (χ0n) is 8.29. The number of hydrogen-bond donors (Lipinski definition) is 0. The molecule has 1 aliphatic carbocycles. The molecule has 1 aliphatic heterocycles. The van der Waals surface area contributed by atoms with Gasteiger partial charge in [-0.25, -0.2) is 0 Å². The van der Waals surface area contributed by atoms with E-state index in [1.807, 2.05) is 0 Å². The largest absolute Gasteiger partial charge is 0.305 e. The molecule has 0 amide bonds. The van der Waals surface area contributed by atoms with E-state index in [1.165, 1.54) is 32.1 Å². The lowest BCUT2D eigenvalue weighted by atomic mass is 9.95. The highest BCUT2D eigenvalue weighted by Gasteiger charge is 2.35. The van der Waals surface area contributed by atoms with Crippen LogP contribution in [-0.4, -0.2) is 38.2 Å². The predicted octanol–water partition coefficient (Wildman–Crippen LogP) is 0.911. The fourth-order valence-electron chi connectivity index (χ4n) is 2.48. The van der Waals surface area contributed by atoms with Crippen LogP contribution in [0.5, 0.6) is 0 Å². The average Bonchev–Trinajstić information content (AvgIpc) is 2.15. The smallest absolute Gasteiger partial charge is 0.175 e. The number of hydrogen-bond acceptors (Lipinski definition) is 2. The van der Waals surface area contributed by atoms with Gasteiger partial charge in [0.15, 0.2) is 9.84 Å². The highest BCUT2D eigenvalue weighted by molar-refractivity contribution is 6.32. The summed E-state index contributed by atoms with van der Waals surface area (Å²) in [6.45, 7) is 2.35. The maximum absolute atomic E-state index is 2.79. The Kier molecular flexibility index (Phi) is 2.53. The lowest BCUT2D eigenvalue weighted by Crippen LogP contribution is -2.66. The van der Waals surface area contributed by atoms with Gasteiger partial charge in [-0.1, -0.05) is 19.3 Å². The fourth-order valence-corrected chi connectivity index (χ4v) is 4.25. The van der Waals surface area contributed by atoms with Crippen molar-refractivity contribution in [3.63, 3.8) is 0 Å². The van der Waals surface area contributed by atoms with Crippen LogP contribution in [0.25, 0.3) is 0 Å². The summed E-state index contributed by atoms with van der Waals surface area (Å²) in [7, 11) is 2.29. The van der Waals surface area contributed by atoms with E-state index in [4.69, 9.17) is 0 Å². The Morgan fingerprint density at radius 2 is 1.83 bits per heavy atom. The lowest BCUT2D eigenvalue weighted by Gasteiger charge is -2.52. The Bertz CT molecular complexity index is 154. The molecular weight excluding hydrogens is 164 g/mol. The molecule has 1 atom stereocenters. The average molecular weight is 184 g/mol. The molecule has 0 aromatic heterocycles. The first-order chi connectivity index (χ1) is 5.79. The standard InChI is InChI=1S/C9H20N2Si/c1-8-10(2)12-11(8)9-6-4-3-5-7-9/h8-9H,3-7,12H2,1-2H3. The van der Waals surface area contributed by atoms with Crippen LogP contribution in [0.4, 0.5) is 0 Å². The van der Waals surface area contributed by atoms with Gasteiger partial charge < -0.3 is 4.57 Å². The van der Waals surface area contributed by atoms with E-state index in [-0.39, 0.29) is 9.84 Å². The van der Waals surface area contributed by atoms with Gasteiger partial charge in [0.25, 0.3) is 0 Å². The first-order valence-corrected chi connectivity index (χ1v) is 6.51. The third-order valence-electron chi connectivity index (χ3n) is 3.55. The molecule has 0 aromatic carbocycles. The van der Waals surface area contributed by atoms with Gasteiger partial charge in [0.1, 0.15) is 0 Å². The molecule has 1 saturated heterocycles. The van der Waals surface area contributed by atoms with Gasteiger partial charge in [-0.05, 0) is 26.8 Å². The highest BCUT2D eigenvalue weighted by atomic mass is 28.2. The second-order valence-electron chi connectivity index (χ2n) is 4.34. The Hall–Kier alpha value is 0.137. The van der Waals surface area contributed by atoms with E-state index >= 15 is 0 Å². The zero-order valence-corrected chi connectivity index (χ0v) is 9.71. The minimum atomic E-state index is 0.0177. The number of nitrogens with zero attached hydrogens (tertiary/aromatic N) is 2. The lowest BCUT2D eigenvalue weighted by molar-refractivity contribution is 0.0745. The van der Waals surface area contributed by atoms with Crippen molar-refractivity contribution in [1.82, 2.24) is 9.13 Å². The van der Waals surface area contributed by atoms with Gasteiger partial charge in [-0.15, -0.1) is 0 Å². The third-order valence-corrected chi connectivity index (χ3v) is 5.89. The molecule has 2 fully saturated rings. The summed E-state index contributed by atoms with van der Waals surface area (Å²) in [5.74, 6) is 0. The first-order valence-electron chi connectivity index (χ1n) is 5.25. The van der Waals surface area contributed by atoms with Gasteiger partial charge in [0.2, 0.25) is 0 Å². The first kappa shape index (κ1) is 8.72. The van der Waals surface area contributed by atoms with E-state index < -0.39 is 0 Å². The molecule has 1 saturated carbocycles. The molecule has 2 rings (SSSR count). The van der Waals surface area contributed by atoms with Crippen LogP contribution >= 0.6 is 0 Å². The summed E-state index contributed by atoms with van der Waals surface area (Å²) in [5, 5.41) is 0. The van der Waals surface area contributed by atoms with E-state index in [1.54, 1.807) is 0 Å². The topological polar surface area (TPSA) is 6.48 Å². The van der Waals surface area contributed by atoms with Crippen molar-refractivity contribution in [2.75, 3.05) is 7.05 Å². The highest BCUT2D eigenvalue weighted by Crippen LogP contribution is 2.27. The summed E-state index contributed by atoms with van der Waals surface area (Å²) < 4.78 is 5.34. The molecule has 0 N–H and O–H groups in total. The molecule has 0 aromatic rings. The number of rotatable bonds is 1. The van der Waals surface area contributed by atoms with Gasteiger partial charge in [-0.3, -0.25) is 4.57 Å². The van der Waals surface area contributed by atoms with Crippen LogP contribution in [0.2, 0.25) is 0 Å². The van der Waals surface area contributed by atoms with Crippen LogP contribution in [0.3, 0.4) is 0 Å². The van der Waals surface area contributed by atoms with Crippen molar-refractivity contribution in [3.8, 4) is 0 Å². The van der Waals surface area contributed by atoms with Crippen molar-refractivity contribution >= 4 is 9.84 Å². The van der Waals surface area contributed by atoms with Crippen LogP contribution in [-0.2, 0) is 0 Å². The molecule has 12 heavy (non-hydrogen) atoms. The van der Waals surface area contributed by atoms with Crippen molar-refractivity contribution in [3.05, 3.63) is 0 Å². The molecule has 0 radical (unpaired) electrons. The fraction of sp³-hybridized carbons (Fsp3) is 1.00. The van der Waals surface area contributed by atoms with E-state index in [2.05, 4.69) is 23.1 Å².